The summed E-state index contributed by atoms with van der Waals surface area (Å²) in [6.45, 7) is 4.06. The van der Waals surface area contributed by atoms with E-state index in [1.165, 1.54) is 0 Å². The highest BCUT2D eigenvalue weighted by Crippen LogP contribution is 2.24. The summed E-state index contributed by atoms with van der Waals surface area (Å²) in [4.78, 5) is 12.2. The maximum atomic E-state index is 12.2. The molecule has 0 aliphatic carbocycles. The Morgan fingerprint density at radius 1 is 1.48 bits per heavy atom. The minimum Gasteiger partial charge on any atom is -0.323 e. The molecule has 5 nitrogen and oxygen atoms in total. The van der Waals surface area contributed by atoms with E-state index in [0.717, 1.165) is 5.69 Å². The molecule has 3 N–H and O–H groups in total. The molecule has 1 amide bonds. The number of hydrogen-bond donors (Lipinski definition) is 2. The lowest BCUT2D eigenvalue weighted by Gasteiger charge is -2.16. The fourth-order valence-electron chi connectivity index (χ4n) is 2.06. The van der Waals surface area contributed by atoms with Crippen molar-refractivity contribution in [3.8, 4) is 5.69 Å². The number of amides is 1. The highest BCUT2D eigenvalue weighted by atomic mass is 35.5. The average molecular weight is 307 g/mol. The van der Waals surface area contributed by atoms with E-state index in [1.807, 2.05) is 19.9 Å². The lowest BCUT2D eigenvalue weighted by Crippen LogP contribution is -2.36. The molecule has 0 saturated carbocycles. The number of rotatable bonds is 5. The predicted molar refractivity (Wildman–Crippen MR) is 84.6 cm³/mol. The highest BCUT2D eigenvalue weighted by Gasteiger charge is 2.17. The number of anilines is 1. The number of benzene rings is 1. The van der Waals surface area contributed by atoms with Crippen molar-refractivity contribution in [2.75, 3.05) is 5.32 Å². The summed E-state index contributed by atoms with van der Waals surface area (Å²) < 4.78 is 1.67. The van der Waals surface area contributed by atoms with Gasteiger partial charge >= 0.3 is 0 Å². The van der Waals surface area contributed by atoms with Crippen LogP contribution in [0.3, 0.4) is 0 Å². The van der Waals surface area contributed by atoms with Crippen LogP contribution in [0, 0.1) is 5.92 Å². The van der Waals surface area contributed by atoms with Gasteiger partial charge in [-0.25, -0.2) is 4.68 Å². The Morgan fingerprint density at radius 3 is 2.86 bits per heavy atom. The van der Waals surface area contributed by atoms with Crippen LogP contribution < -0.4 is 11.1 Å². The second-order valence-electron chi connectivity index (χ2n) is 5.34. The Labute approximate surface area is 129 Å². The standard InChI is InChI=1S/C15H19ClN4O/c1-10(2)8-12(17)15(21)19-13-9-11(16)4-5-14(13)20-7-3-6-18-20/h3-7,9-10,12H,8,17H2,1-2H3,(H,19,21)/t12-/m0/s1. The zero-order valence-electron chi connectivity index (χ0n) is 12.1. The molecular formula is C15H19ClN4O. The van der Waals surface area contributed by atoms with Gasteiger partial charge in [0.15, 0.2) is 0 Å². The molecule has 2 rings (SSSR count). The summed E-state index contributed by atoms with van der Waals surface area (Å²) >= 11 is 6.01. The SMILES string of the molecule is CC(C)C[C@H](N)C(=O)Nc1cc(Cl)ccc1-n1cccn1. The van der Waals surface area contributed by atoms with Crippen LogP contribution in [0.5, 0.6) is 0 Å². The van der Waals surface area contributed by atoms with Crippen molar-refractivity contribution < 1.29 is 4.79 Å². The minimum atomic E-state index is -0.547. The fourth-order valence-corrected chi connectivity index (χ4v) is 2.23. The monoisotopic (exact) mass is 306 g/mol. The molecule has 0 saturated heterocycles. The van der Waals surface area contributed by atoms with Crippen molar-refractivity contribution in [1.82, 2.24) is 9.78 Å². The van der Waals surface area contributed by atoms with E-state index in [-0.39, 0.29) is 5.91 Å². The summed E-state index contributed by atoms with van der Waals surface area (Å²) in [7, 11) is 0. The number of carbonyl (C=O) groups is 1. The van der Waals surface area contributed by atoms with E-state index in [2.05, 4.69) is 10.4 Å². The summed E-state index contributed by atoms with van der Waals surface area (Å²) in [6, 6.07) is 6.51. The number of halogens is 1. The van der Waals surface area contributed by atoms with Gasteiger partial charge in [-0.3, -0.25) is 4.79 Å². The molecule has 0 bridgehead atoms. The van der Waals surface area contributed by atoms with Crippen LogP contribution in [0.1, 0.15) is 20.3 Å². The van der Waals surface area contributed by atoms with Gasteiger partial charge in [0.1, 0.15) is 0 Å². The second-order valence-corrected chi connectivity index (χ2v) is 5.77. The summed E-state index contributed by atoms with van der Waals surface area (Å²) in [5, 5.41) is 7.54. The molecule has 1 aromatic heterocycles. The van der Waals surface area contributed by atoms with Gasteiger partial charge in [0, 0.05) is 17.4 Å². The Morgan fingerprint density at radius 2 is 2.24 bits per heavy atom. The van der Waals surface area contributed by atoms with Gasteiger partial charge in [-0.2, -0.15) is 5.10 Å². The third kappa shape index (κ3) is 4.06. The zero-order valence-corrected chi connectivity index (χ0v) is 12.8. The zero-order chi connectivity index (χ0) is 15.4. The van der Waals surface area contributed by atoms with Gasteiger partial charge in [-0.05, 0) is 36.6 Å². The number of nitrogens with zero attached hydrogens (tertiary/aromatic N) is 2. The maximum absolute atomic E-state index is 12.2. The molecule has 1 aromatic carbocycles. The largest absolute Gasteiger partial charge is 0.323 e. The van der Waals surface area contributed by atoms with Crippen molar-refractivity contribution in [2.45, 2.75) is 26.3 Å². The summed E-state index contributed by atoms with van der Waals surface area (Å²) in [5.41, 5.74) is 7.24. The van der Waals surface area contributed by atoms with Gasteiger partial charge in [0.25, 0.3) is 0 Å². The van der Waals surface area contributed by atoms with E-state index < -0.39 is 6.04 Å². The number of aromatic nitrogens is 2. The van der Waals surface area contributed by atoms with Crippen molar-refractivity contribution in [2.24, 2.45) is 11.7 Å². The number of nitrogens with two attached hydrogens (primary N) is 1. The fraction of sp³-hybridized carbons (Fsp3) is 0.333. The van der Waals surface area contributed by atoms with Crippen LogP contribution in [0.2, 0.25) is 5.02 Å². The first-order valence-corrected chi connectivity index (χ1v) is 7.21. The van der Waals surface area contributed by atoms with E-state index in [1.54, 1.807) is 35.3 Å². The quantitative estimate of drug-likeness (QED) is 0.892. The molecule has 0 fully saturated rings. The molecule has 0 radical (unpaired) electrons. The van der Waals surface area contributed by atoms with Crippen LogP contribution in [-0.2, 0) is 4.79 Å². The molecule has 0 spiro atoms. The third-order valence-corrected chi connectivity index (χ3v) is 3.26. The Balaban J connectivity index is 2.23. The summed E-state index contributed by atoms with van der Waals surface area (Å²) in [6.07, 6.45) is 4.10. The van der Waals surface area contributed by atoms with Crippen LogP contribution in [0.15, 0.2) is 36.7 Å². The van der Waals surface area contributed by atoms with Gasteiger partial charge in [-0.1, -0.05) is 25.4 Å². The van der Waals surface area contributed by atoms with Gasteiger partial charge in [-0.15, -0.1) is 0 Å². The van der Waals surface area contributed by atoms with Gasteiger partial charge in [0.2, 0.25) is 5.91 Å². The van der Waals surface area contributed by atoms with E-state index in [9.17, 15) is 4.79 Å². The smallest absolute Gasteiger partial charge is 0.241 e. The highest BCUT2D eigenvalue weighted by molar-refractivity contribution is 6.31. The Hall–Kier alpha value is -1.85. The van der Waals surface area contributed by atoms with E-state index >= 15 is 0 Å². The van der Waals surface area contributed by atoms with E-state index in [4.69, 9.17) is 17.3 Å². The van der Waals surface area contributed by atoms with Crippen LogP contribution >= 0.6 is 11.6 Å². The van der Waals surface area contributed by atoms with Crippen molar-refractivity contribution in [3.63, 3.8) is 0 Å². The van der Waals surface area contributed by atoms with Crippen molar-refractivity contribution in [3.05, 3.63) is 41.7 Å². The molecule has 6 heteroatoms. The third-order valence-electron chi connectivity index (χ3n) is 3.03. The Kier molecular flexibility index (Phi) is 4.98. The normalized spacial score (nSPS) is 12.4. The second kappa shape index (κ2) is 6.74. The number of hydrogen-bond acceptors (Lipinski definition) is 3. The van der Waals surface area contributed by atoms with Gasteiger partial charge in [0.05, 0.1) is 17.4 Å². The molecule has 1 heterocycles. The molecular weight excluding hydrogens is 288 g/mol. The van der Waals surface area contributed by atoms with Crippen molar-refractivity contribution >= 4 is 23.2 Å². The first-order chi connectivity index (χ1) is 9.97. The number of nitrogens with one attached hydrogen (secondary N) is 1. The van der Waals surface area contributed by atoms with Crippen LogP contribution in [0.4, 0.5) is 5.69 Å². The first-order valence-electron chi connectivity index (χ1n) is 6.83. The lowest BCUT2D eigenvalue weighted by molar-refractivity contribution is -0.117. The van der Waals surface area contributed by atoms with Gasteiger partial charge < -0.3 is 11.1 Å². The topological polar surface area (TPSA) is 72.9 Å². The average Bonchev–Trinajstić information content (AvgIpc) is 2.91. The summed E-state index contributed by atoms with van der Waals surface area (Å²) in [5.74, 6) is 0.134. The lowest BCUT2D eigenvalue weighted by atomic mass is 10.0. The predicted octanol–water partition coefficient (Wildman–Crippen LogP) is 2.84. The van der Waals surface area contributed by atoms with Crippen LogP contribution in [-0.4, -0.2) is 21.7 Å². The van der Waals surface area contributed by atoms with Crippen molar-refractivity contribution in [1.29, 1.82) is 0 Å². The Bertz CT molecular complexity index is 610. The molecule has 1 atom stereocenters. The number of carbonyl (C=O) groups excluding carboxylic acids is 1. The molecule has 112 valence electrons. The van der Waals surface area contributed by atoms with E-state index in [0.29, 0.717) is 23.0 Å². The maximum Gasteiger partial charge on any atom is 0.241 e. The molecule has 0 unspecified atom stereocenters. The molecule has 0 aliphatic heterocycles. The first kappa shape index (κ1) is 15.5. The van der Waals surface area contributed by atoms with Crippen LogP contribution in [0.25, 0.3) is 5.69 Å². The molecule has 0 aliphatic rings. The molecule has 2 aromatic rings. The molecule has 21 heavy (non-hydrogen) atoms. The minimum absolute atomic E-state index is 0.223.